The smallest absolute Gasteiger partial charge is 0.333 e. The maximum Gasteiger partial charge on any atom is 0.333 e. The van der Waals surface area contributed by atoms with Crippen LogP contribution in [-0.4, -0.2) is 32.4 Å². The SMILES string of the molecule is C=CC=O.CNc1ccc(-c2ccc3ncc4c(c3c2)n(-c2ccc(C(C)(C)C#N)cc2)c(=O)n4C)cn1. The summed E-state index contributed by atoms with van der Waals surface area (Å²) in [5, 5.41) is 13.4. The predicted molar refractivity (Wildman–Crippen MR) is 151 cm³/mol. The fourth-order valence-corrected chi connectivity index (χ4v) is 4.22. The molecule has 8 nitrogen and oxygen atoms in total. The van der Waals surface area contributed by atoms with Gasteiger partial charge in [-0.3, -0.25) is 18.9 Å². The van der Waals surface area contributed by atoms with E-state index in [1.807, 2.05) is 75.6 Å². The second-order valence-electron chi connectivity index (χ2n) is 9.24. The van der Waals surface area contributed by atoms with Crippen LogP contribution < -0.4 is 11.0 Å². The van der Waals surface area contributed by atoms with Crippen molar-refractivity contribution in [3.05, 3.63) is 95.7 Å². The zero-order valence-electron chi connectivity index (χ0n) is 21.8. The maximum absolute atomic E-state index is 13.3. The van der Waals surface area contributed by atoms with E-state index >= 15 is 0 Å². The number of aryl methyl sites for hydroxylation is 1. The standard InChI is InChI=1S/C27H24N6O.C3H4O/c1-27(2,16-28)19-7-9-20(10-8-19)33-25-21-13-17(18-6-12-24(29-3)31-14-18)5-11-22(21)30-15-23(25)32(4)26(33)34;1-2-3-4/h5-15H,1-4H3,(H,29,31);2-3H,1H2. The van der Waals surface area contributed by atoms with Crippen LogP contribution in [0.25, 0.3) is 38.8 Å². The summed E-state index contributed by atoms with van der Waals surface area (Å²) in [6, 6.07) is 19.9. The molecule has 0 aliphatic rings. The lowest BCUT2D eigenvalue weighted by Gasteiger charge is -2.16. The van der Waals surface area contributed by atoms with Crippen molar-refractivity contribution in [1.29, 1.82) is 5.26 Å². The summed E-state index contributed by atoms with van der Waals surface area (Å²) in [7, 11) is 3.59. The van der Waals surface area contributed by atoms with Crippen LogP contribution in [0.15, 0.2) is 84.4 Å². The second kappa shape index (κ2) is 10.5. The number of aromatic nitrogens is 4. The Morgan fingerprint density at radius 1 is 1.03 bits per heavy atom. The quantitative estimate of drug-likeness (QED) is 0.262. The first-order valence-corrected chi connectivity index (χ1v) is 12.0. The van der Waals surface area contributed by atoms with E-state index < -0.39 is 5.41 Å². The summed E-state index contributed by atoms with van der Waals surface area (Å²) < 4.78 is 3.33. The van der Waals surface area contributed by atoms with Crippen molar-refractivity contribution in [1.82, 2.24) is 19.1 Å². The molecule has 8 heteroatoms. The van der Waals surface area contributed by atoms with E-state index in [-0.39, 0.29) is 5.69 Å². The molecule has 38 heavy (non-hydrogen) atoms. The number of anilines is 1. The average Bonchev–Trinajstić information content (AvgIpc) is 3.22. The maximum atomic E-state index is 13.3. The molecular formula is C30H28N6O2. The highest BCUT2D eigenvalue weighted by molar-refractivity contribution is 6.04. The minimum atomic E-state index is -0.607. The van der Waals surface area contributed by atoms with E-state index in [1.165, 1.54) is 6.08 Å². The third kappa shape index (κ3) is 4.70. The number of carbonyl (C=O) groups is 1. The highest BCUT2D eigenvalue weighted by atomic mass is 16.1. The second-order valence-corrected chi connectivity index (χ2v) is 9.24. The molecule has 3 aromatic heterocycles. The van der Waals surface area contributed by atoms with Gasteiger partial charge < -0.3 is 5.32 Å². The minimum Gasteiger partial charge on any atom is -0.373 e. The number of rotatable bonds is 5. The molecule has 0 saturated carbocycles. The lowest BCUT2D eigenvalue weighted by atomic mass is 9.86. The van der Waals surface area contributed by atoms with E-state index in [1.54, 1.807) is 22.4 Å². The van der Waals surface area contributed by atoms with Crippen molar-refractivity contribution in [2.75, 3.05) is 12.4 Å². The highest BCUT2D eigenvalue weighted by Gasteiger charge is 2.21. The Hall–Kier alpha value is -5.03. The van der Waals surface area contributed by atoms with Gasteiger partial charge in [0.2, 0.25) is 0 Å². The van der Waals surface area contributed by atoms with Crippen molar-refractivity contribution in [3.63, 3.8) is 0 Å². The molecule has 0 aliphatic carbocycles. The first-order chi connectivity index (χ1) is 18.2. The average molecular weight is 505 g/mol. The molecule has 0 saturated heterocycles. The third-order valence-electron chi connectivity index (χ3n) is 6.46. The molecule has 0 unspecified atom stereocenters. The number of allylic oxidation sites excluding steroid dienone is 1. The van der Waals surface area contributed by atoms with Gasteiger partial charge in [0.1, 0.15) is 12.1 Å². The number of hydrogen-bond acceptors (Lipinski definition) is 6. The number of fused-ring (bicyclic) bond motifs is 3. The van der Waals surface area contributed by atoms with Crippen LogP contribution >= 0.6 is 0 Å². The number of benzene rings is 2. The Labute approximate surface area is 220 Å². The van der Waals surface area contributed by atoms with Crippen LogP contribution in [0.3, 0.4) is 0 Å². The van der Waals surface area contributed by atoms with Crippen molar-refractivity contribution in [2.45, 2.75) is 19.3 Å². The lowest BCUT2D eigenvalue weighted by Crippen LogP contribution is -2.21. The molecule has 190 valence electrons. The molecule has 0 radical (unpaired) electrons. The van der Waals surface area contributed by atoms with Gasteiger partial charge >= 0.3 is 5.69 Å². The minimum absolute atomic E-state index is 0.151. The Bertz CT molecular complexity index is 1730. The van der Waals surface area contributed by atoms with E-state index in [4.69, 9.17) is 4.79 Å². The van der Waals surface area contributed by atoms with Gasteiger partial charge in [0, 0.05) is 31.2 Å². The normalized spacial score (nSPS) is 10.9. The van der Waals surface area contributed by atoms with Gasteiger partial charge in [-0.05, 0) is 67.4 Å². The molecule has 1 N–H and O–H groups in total. The first kappa shape index (κ1) is 26.0. The fourth-order valence-electron chi connectivity index (χ4n) is 4.22. The van der Waals surface area contributed by atoms with Crippen LogP contribution in [-0.2, 0) is 17.3 Å². The van der Waals surface area contributed by atoms with Gasteiger partial charge in [0.25, 0.3) is 0 Å². The van der Waals surface area contributed by atoms with Gasteiger partial charge in [-0.25, -0.2) is 9.78 Å². The number of nitriles is 1. The molecule has 5 rings (SSSR count). The van der Waals surface area contributed by atoms with Crippen molar-refractivity contribution < 1.29 is 4.79 Å². The van der Waals surface area contributed by atoms with Gasteiger partial charge in [-0.1, -0.05) is 24.8 Å². The third-order valence-corrected chi connectivity index (χ3v) is 6.46. The largest absolute Gasteiger partial charge is 0.373 e. The first-order valence-electron chi connectivity index (χ1n) is 12.0. The van der Waals surface area contributed by atoms with E-state index in [9.17, 15) is 10.1 Å². The molecule has 2 aromatic carbocycles. The van der Waals surface area contributed by atoms with Gasteiger partial charge in [0.15, 0.2) is 0 Å². The molecule has 0 atom stereocenters. The van der Waals surface area contributed by atoms with Crippen LogP contribution in [0.5, 0.6) is 0 Å². The van der Waals surface area contributed by atoms with Crippen molar-refractivity contribution in [3.8, 4) is 22.9 Å². The molecular weight excluding hydrogens is 476 g/mol. The predicted octanol–water partition coefficient (Wildman–Crippen LogP) is 5.15. The summed E-state index contributed by atoms with van der Waals surface area (Å²) in [6.45, 7) is 6.87. The number of pyridine rings is 2. The van der Waals surface area contributed by atoms with Gasteiger partial charge in [0.05, 0.1) is 39.9 Å². The Kier molecular flexibility index (Phi) is 7.22. The van der Waals surface area contributed by atoms with Crippen LogP contribution in [0, 0.1) is 11.3 Å². The molecule has 0 amide bonds. The number of carbonyl (C=O) groups excluding carboxylic acids is 1. The highest BCUT2D eigenvalue weighted by Crippen LogP contribution is 2.30. The number of hydrogen-bond donors (Lipinski definition) is 1. The topological polar surface area (TPSA) is 106 Å². The molecule has 0 spiro atoms. The van der Waals surface area contributed by atoms with E-state index in [0.717, 1.165) is 50.1 Å². The van der Waals surface area contributed by atoms with Crippen LogP contribution in [0.2, 0.25) is 0 Å². The number of imidazole rings is 1. The van der Waals surface area contributed by atoms with Crippen molar-refractivity contribution in [2.24, 2.45) is 7.05 Å². The summed E-state index contributed by atoms with van der Waals surface area (Å²) in [4.78, 5) is 31.4. The molecule has 0 fully saturated rings. The summed E-state index contributed by atoms with van der Waals surface area (Å²) in [6.07, 6.45) is 5.40. The molecule has 0 bridgehead atoms. The summed E-state index contributed by atoms with van der Waals surface area (Å²) >= 11 is 0. The molecule has 5 aromatic rings. The Balaban J connectivity index is 0.000000786. The Morgan fingerprint density at radius 2 is 1.71 bits per heavy atom. The molecule has 3 heterocycles. The zero-order chi connectivity index (χ0) is 27.4. The number of aldehydes is 1. The lowest BCUT2D eigenvalue weighted by molar-refractivity contribution is -0.104. The number of nitrogens with one attached hydrogen (secondary N) is 1. The van der Waals surface area contributed by atoms with Crippen LogP contribution in [0.4, 0.5) is 5.82 Å². The fraction of sp³-hybridized carbons (Fsp3) is 0.167. The monoisotopic (exact) mass is 504 g/mol. The van der Waals surface area contributed by atoms with Crippen LogP contribution in [0.1, 0.15) is 19.4 Å². The van der Waals surface area contributed by atoms with E-state index in [0.29, 0.717) is 6.29 Å². The van der Waals surface area contributed by atoms with Crippen molar-refractivity contribution >= 4 is 34.0 Å². The summed E-state index contributed by atoms with van der Waals surface area (Å²) in [5.74, 6) is 0.800. The van der Waals surface area contributed by atoms with Gasteiger partial charge in [-0.2, -0.15) is 5.26 Å². The summed E-state index contributed by atoms with van der Waals surface area (Å²) in [5.41, 5.74) is 5.21. The molecule has 0 aliphatic heterocycles. The zero-order valence-corrected chi connectivity index (χ0v) is 21.8. The Morgan fingerprint density at radius 3 is 2.29 bits per heavy atom. The van der Waals surface area contributed by atoms with Gasteiger partial charge in [-0.15, -0.1) is 0 Å². The number of nitrogens with zero attached hydrogens (tertiary/aromatic N) is 5. The van der Waals surface area contributed by atoms with E-state index in [2.05, 4.69) is 34.0 Å².